The largest absolute Gasteiger partial charge is 0.378 e. The van der Waals surface area contributed by atoms with E-state index in [-0.39, 0.29) is 5.69 Å². The Labute approximate surface area is 83.7 Å². The summed E-state index contributed by atoms with van der Waals surface area (Å²) in [7, 11) is 0. The van der Waals surface area contributed by atoms with Crippen LogP contribution < -0.4 is 10.5 Å². The van der Waals surface area contributed by atoms with E-state index in [9.17, 15) is 13.6 Å². The molecule has 2 heterocycles. The summed E-state index contributed by atoms with van der Waals surface area (Å²) in [4.78, 5) is 12.3. The zero-order chi connectivity index (χ0) is 10.8. The predicted octanol–water partition coefficient (Wildman–Crippen LogP) is -0.115. The van der Waals surface area contributed by atoms with Crippen molar-refractivity contribution in [2.24, 2.45) is 0 Å². The first kappa shape index (κ1) is 10.0. The minimum Gasteiger partial charge on any atom is -0.378 e. The monoisotopic (exact) mass is 217 g/mol. The lowest BCUT2D eigenvalue weighted by atomic mass is 10.3. The number of nitrogens with one attached hydrogen (secondary N) is 1. The second-order valence-corrected chi connectivity index (χ2v) is 3.11. The summed E-state index contributed by atoms with van der Waals surface area (Å²) in [6.07, 6.45) is 0. The minimum absolute atomic E-state index is 0.346. The van der Waals surface area contributed by atoms with Crippen molar-refractivity contribution < 1.29 is 13.5 Å². The number of H-pyrrole nitrogens is 1. The number of morpholine rings is 1. The average Bonchev–Trinajstić information content (AvgIpc) is 2.26. The molecule has 5 nitrogen and oxygen atoms in total. The number of ether oxygens (including phenoxy) is 1. The van der Waals surface area contributed by atoms with Gasteiger partial charge in [-0.15, -0.1) is 5.10 Å². The van der Waals surface area contributed by atoms with Crippen LogP contribution in [0.2, 0.25) is 0 Å². The van der Waals surface area contributed by atoms with E-state index in [2.05, 4.69) is 5.10 Å². The van der Waals surface area contributed by atoms with Gasteiger partial charge in [0.1, 0.15) is 5.69 Å². The van der Waals surface area contributed by atoms with E-state index >= 15 is 0 Å². The van der Waals surface area contributed by atoms with Crippen LogP contribution in [-0.4, -0.2) is 36.5 Å². The van der Waals surface area contributed by atoms with Gasteiger partial charge in [0, 0.05) is 13.1 Å². The second-order valence-electron chi connectivity index (χ2n) is 3.11. The van der Waals surface area contributed by atoms with Crippen molar-refractivity contribution in [3.05, 3.63) is 22.1 Å². The first-order valence-electron chi connectivity index (χ1n) is 4.46. The van der Waals surface area contributed by atoms with Crippen LogP contribution in [-0.2, 0) is 4.74 Å². The maximum Gasteiger partial charge on any atom is 0.302 e. The highest BCUT2D eigenvalue weighted by atomic mass is 19.1. The smallest absolute Gasteiger partial charge is 0.302 e. The van der Waals surface area contributed by atoms with Crippen molar-refractivity contribution in [2.75, 3.05) is 31.2 Å². The Bertz CT molecular complexity index is 415. The van der Waals surface area contributed by atoms with Gasteiger partial charge >= 0.3 is 5.56 Å². The van der Waals surface area contributed by atoms with Gasteiger partial charge in [0.05, 0.1) is 13.2 Å². The lowest BCUT2D eigenvalue weighted by Crippen LogP contribution is -2.38. The fourth-order valence-corrected chi connectivity index (χ4v) is 1.46. The van der Waals surface area contributed by atoms with Crippen LogP contribution >= 0.6 is 0 Å². The Morgan fingerprint density at radius 2 is 2.00 bits per heavy atom. The molecule has 1 N–H and O–H groups in total. The molecule has 0 spiro atoms. The van der Waals surface area contributed by atoms with Crippen molar-refractivity contribution >= 4 is 5.69 Å². The topological polar surface area (TPSA) is 58.2 Å². The van der Waals surface area contributed by atoms with Crippen molar-refractivity contribution in [2.45, 2.75) is 0 Å². The van der Waals surface area contributed by atoms with E-state index in [4.69, 9.17) is 4.74 Å². The third-order valence-electron chi connectivity index (χ3n) is 2.19. The maximum atomic E-state index is 13.3. The van der Waals surface area contributed by atoms with Gasteiger partial charge in [-0.05, 0) is 0 Å². The molecule has 82 valence electrons. The summed E-state index contributed by atoms with van der Waals surface area (Å²) in [5.74, 6) is -2.14. The van der Waals surface area contributed by atoms with Crippen LogP contribution in [0.25, 0.3) is 0 Å². The number of hydrogen-bond acceptors (Lipinski definition) is 4. The zero-order valence-electron chi connectivity index (χ0n) is 7.80. The Balaban J connectivity index is 2.41. The van der Waals surface area contributed by atoms with Gasteiger partial charge in [-0.2, -0.15) is 8.78 Å². The number of hydrogen-bond donors (Lipinski definition) is 1. The number of anilines is 1. The number of nitrogens with zero attached hydrogens (tertiary/aromatic N) is 2. The molecule has 1 aromatic heterocycles. The van der Waals surface area contributed by atoms with Crippen LogP contribution in [0.5, 0.6) is 0 Å². The first-order valence-corrected chi connectivity index (χ1v) is 4.46. The third kappa shape index (κ3) is 1.82. The summed E-state index contributed by atoms with van der Waals surface area (Å²) in [6.45, 7) is 1.45. The SMILES string of the molecule is O=c1[nH]nc(F)c(N2CCOCC2)c1F. The number of rotatable bonds is 1. The van der Waals surface area contributed by atoms with Crippen molar-refractivity contribution in [1.29, 1.82) is 0 Å². The lowest BCUT2D eigenvalue weighted by molar-refractivity contribution is 0.122. The van der Waals surface area contributed by atoms with Crippen LogP contribution in [0.3, 0.4) is 0 Å². The Kier molecular flexibility index (Phi) is 2.63. The number of aromatic nitrogens is 2. The summed E-state index contributed by atoms with van der Waals surface area (Å²) < 4.78 is 31.6. The van der Waals surface area contributed by atoms with Gasteiger partial charge < -0.3 is 9.64 Å². The predicted molar refractivity (Wildman–Crippen MR) is 47.8 cm³/mol. The lowest BCUT2D eigenvalue weighted by Gasteiger charge is -2.28. The molecule has 1 aromatic rings. The summed E-state index contributed by atoms with van der Waals surface area (Å²) in [6, 6.07) is 0. The van der Waals surface area contributed by atoms with E-state index in [0.717, 1.165) is 0 Å². The molecule has 0 atom stereocenters. The van der Waals surface area contributed by atoms with Gasteiger partial charge in [0.15, 0.2) is 0 Å². The Morgan fingerprint density at radius 1 is 1.33 bits per heavy atom. The molecule has 0 aliphatic carbocycles. The molecule has 1 saturated heterocycles. The Hall–Kier alpha value is -1.50. The number of aromatic amines is 1. The molecule has 0 radical (unpaired) electrons. The molecular formula is C8H9F2N3O2. The molecule has 1 aliphatic rings. The number of halogens is 2. The minimum atomic E-state index is -1.13. The van der Waals surface area contributed by atoms with E-state index in [0.29, 0.717) is 26.3 Å². The van der Waals surface area contributed by atoms with E-state index in [1.54, 1.807) is 5.10 Å². The molecular weight excluding hydrogens is 208 g/mol. The molecule has 7 heteroatoms. The van der Waals surface area contributed by atoms with Gasteiger partial charge in [-0.3, -0.25) is 4.79 Å². The molecule has 0 bridgehead atoms. The average molecular weight is 217 g/mol. The van der Waals surface area contributed by atoms with Crippen LogP contribution in [0.1, 0.15) is 0 Å². The van der Waals surface area contributed by atoms with E-state index in [1.807, 2.05) is 0 Å². The third-order valence-corrected chi connectivity index (χ3v) is 2.19. The zero-order valence-corrected chi connectivity index (χ0v) is 7.80. The van der Waals surface area contributed by atoms with Gasteiger partial charge in [0.25, 0.3) is 5.95 Å². The van der Waals surface area contributed by atoms with Crippen molar-refractivity contribution in [1.82, 2.24) is 10.2 Å². The standard InChI is InChI=1S/C8H9F2N3O2/c9-5-6(7(10)11-12-8(5)14)13-1-3-15-4-2-13/h1-4H2,(H,12,14). The van der Waals surface area contributed by atoms with Gasteiger partial charge in [-0.25, -0.2) is 5.10 Å². The molecule has 0 unspecified atom stereocenters. The summed E-state index contributed by atoms with van der Waals surface area (Å²) in [5.41, 5.74) is -1.39. The highest BCUT2D eigenvalue weighted by Gasteiger charge is 2.22. The first-order chi connectivity index (χ1) is 7.20. The molecule has 15 heavy (non-hydrogen) atoms. The highest BCUT2D eigenvalue weighted by Crippen LogP contribution is 2.19. The van der Waals surface area contributed by atoms with E-state index in [1.165, 1.54) is 4.90 Å². The van der Waals surface area contributed by atoms with E-state index < -0.39 is 17.3 Å². The van der Waals surface area contributed by atoms with Crippen LogP contribution in [0, 0.1) is 11.8 Å². The maximum absolute atomic E-state index is 13.3. The Morgan fingerprint density at radius 3 is 2.67 bits per heavy atom. The molecule has 0 amide bonds. The van der Waals surface area contributed by atoms with Crippen molar-refractivity contribution in [3.8, 4) is 0 Å². The normalized spacial score (nSPS) is 16.8. The molecule has 0 aromatic carbocycles. The summed E-state index contributed by atoms with van der Waals surface area (Å²) in [5, 5.41) is 4.82. The van der Waals surface area contributed by atoms with Crippen molar-refractivity contribution in [3.63, 3.8) is 0 Å². The van der Waals surface area contributed by atoms with Gasteiger partial charge in [0.2, 0.25) is 5.82 Å². The van der Waals surface area contributed by atoms with Gasteiger partial charge in [-0.1, -0.05) is 0 Å². The highest BCUT2D eigenvalue weighted by molar-refractivity contribution is 5.45. The molecule has 0 saturated carbocycles. The molecule has 2 rings (SSSR count). The second kappa shape index (κ2) is 3.93. The quantitative estimate of drug-likeness (QED) is 0.712. The fourth-order valence-electron chi connectivity index (χ4n) is 1.46. The fraction of sp³-hybridized carbons (Fsp3) is 0.500. The van der Waals surface area contributed by atoms with Crippen LogP contribution in [0.4, 0.5) is 14.5 Å². The molecule has 1 fully saturated rings. The summed E-state index contributed by atoms with van der Waals surface area (Å²) >= 11 is 0. The molecule has 1 aliphatic heterocycles. The van der Waals surface area contributed by atoms with Crippen LogP contribution in [0.15, 0.2) is 4.79 Å².